The zero-order valence-electron chi connectivity index (χ0n) is 47.9. The number of allylic oxidation sites excluding steroid dienone is 16. The molecule has 0 rings (SSSR count). The second kappa shape index (κ2) is 60.9. The molecule has 73 heavy (non-hydrogen) atoms. The molecule has 6 heteroatoms. The van der Waals surface area contributed by atoms with Gasteiger partial charge >= 0.3 is 17.9 Å². The number of rotatable bonds is 55. The van der Waals surface area contributed by atoms with E-state index in [-0.39, 0.29) is 31.1 Å². The summed E-state index contributed by atoms with van der Waals surface area (Å²) in [5, 5.41) is 0. The predicted octanol–water partition coefficient (Wildman–Crippen LogP) is 20.9. The zero-order chi connectivity index (χ0) is 52.9. The lowest BCUT2D eigenvalue weighted by Crippen LogP contribution is -2.30. The molecule has 0 radical (unpaired) electrons. The number of ether oxygens (including phenoxy) is 3. The third-order valence-electron chi connectivity index (χ3n) is 13.1. The molecule has 0 aliphatic heterocycles. The Bertz CT molecular complexity index is 1440. The van der Waals surface area contributed by atoms with Gasteiger partial charge in [0.2, 0.25) is 0 Å². The molecule has 0 aromatic rings. The van der Waals surface area contributed by atoms with Crippen LogP contribution >= 0.6 is 0 Å². The summed E-state index contributed by atoms with van der Waals surface area (Å²) in [5.41, 5.74) is 0. The van der Waals surface area contributed by atoms with Crippen molar-refractivity contribution in [2.24, 2.45) is 0 Å². The van der Waals surface area contributed by atoms with E-state index in [0.29, 0.717) is 19.3 Å². The SMILES string of the molecule is CC/C=C\C/C=C\C/C=C\C/C=C\C/C=C\CCCCCCCCCCCCCC(=O)OCC(COC(=O)CCCCC/C=C\C/C=C\C/C=C\CC)OC(=O)CCCCCCCCCCCCCCCCC. The summed E-state index contributed by atoms with van der Waals surface area (Å²) >= 11 is 0. The first-order valence-electron chi connectivity index (χ1n) is 30.7. The first-order chi connectivity index (χ1) is 36.0. The number of unbranched alkanes of at least 4 members (excludes halogenated alkanes) is 28. The van der Waals surface area contributed by atoms with E-state index in [4.69, 9.17) is 14.2 Å². The van der Waals surface area contributed by atoms with Crippen LogP contribution in [-0.2, 0) is 28.6 Å². The van der Waals surface area contributed by atoms with Gasteiger partial charge in [-0.3, -0.25) is 14.4 Å². The molecule has 0 heterocycles. The zero-order valence-corrected chi connectivity index (χ0v) is 47.9. The molecule has 1 atom stereocenters. The fourth-order valence-corrected chi connectivity index (χ4v) is 8.54. The van der Waals surface area contributed by atoms with E-state index >= 15 is 0 Å². The van der Waals surface area contributed by atoms with Crippen LogP contribution in [0, 0.1) is 0 Å². The Balaban J connectivity index is 4.29. The Labute approximate surface area is 451 Å². The molecule has 0 aliphatic rings. The molecule has 0 saturated carbocycles. The Kier molecular flexibility index (Phi) is 57.8. The molecule has 1 unspecified atom stereocenters. The van der Waals surface area contributed by atoms with Gasteiger partial charge < -0.3 is 14.2 Å². The maximum atomic E-state index is 12.9. The van der Waals surface area contributed by atoms with Gasteiger partial charge in [0, 0.05) is 19.3 Å². The van der Waals surface area contributed by atoms with Crippen molar-refractivity contribution in [3.05, 3.63) is 97.2 Å². The molecule has 0 bridgehead atoms. The second-order valence-electron chi connectivity index (χ2n) is 20.2. The van der Waals surface area contributed by atoms with Crippen LogP contribution < -0.4 is 0 Å². The molecular formula is C67H114O6. The molecule has 418 valence electrons. The smallest absolute Gasteiger partial charge is 0.306 e. The fraction of sp³-hybridized carbons (Fsp3) is 0.716. The van der Waals surface area contributed by atoms with E-state index in [1.165, 1.54) is 135 Å². The van der Waals surface area contributed by atoms with Gasteiger partial charge in [0.1, 0.15) is 13.2 Å². The van der Waals surface area contributed by atoms with Crippen molar-refractivity contribution in [1.82, 2.24) is 0 Å². The lowest BCUT2D eigenvalue weighted by Gasteiger charge is -2.18. The van der Waals surface area contributed by atoms with Crippen molar-refractivity contribution >= 4 is 17.9 Å². The number of hydrogen-bond acceptors (Lipinski definition) is 6. The monoisotopic (exact) mass is 1010 g/mol. The van der Waals surface area contributed by atoms with Gasteiger partial charge in [-0.1, -0.05) is 272 Å². The molecule has 0 aromatic carbocycles. The Morgan fingerprint density at radius 2 is 0.534 bits per heavy atom. The van der Waals surface area contributed by atoms with Gasteiger partial charge in [0.15, 0.2) is 6.10 Å². The molecule has 6 nitrogen and oxygen atoms in total. The second-order valence-corrected chi connectivity index (χ2v) is 20.2. The van der Waals surface area contributed by atoms with Gasteiger partial charge in [-0.25, -0.2) is 0 Å². The molecule has 0 fully saturated rings. The third kappa shape index (κ3) is 59.1. The van der Waals surface area contributed by atoms with Crippen LogP contribution in [0.3, 0.4) is 0 Å². The van der Waals surface area contributed by atoms with Crippen LogP contribution in [0.2, 0.25) is 0 Å². The maximum Gasteiger partial charge on any atom is 0.306 e. The Morgan fingerprint density at radius 3 is 0.849 bits per heavy atom. The van der Waals surface area contributed by atoms with Crippen molar-refractivity contribution in [3.63, 3.8) is 0 Å². The molecular weight excluding hydrogens is 901 g/mol. The van der Waals surface area contributed by atoms with Crippen molar-refractivity contribution in [2.75, 3.05) is 13.2 Å². The van der Waals surface area contributed by atoms with Crippen molar-refractivity contribution in [2.45, 2.75) is 297 Å². The van der Waals surface area contributed by atoms with Crippen molar-refractivity contribution in [1.29, 1.82) is 0 Å². The highest BCUT2D eigenvalue weighted by Crippen LogP contribution is 2.16. The van der Waals surface area contributed by atoms with Crippen LogP contribution in [0.25, 0.3) is 0 Å². The largest absolute Gasteiger partial charge is 0.462 e. The predicted molar refractivity (Wildman–Crippen MR) is 316 cm³/mol. The van der Waals surface area contributed by atoms with Gasteiger partial charge in [-0.15, -0.1) is 0 Å². The van der Waals surface area contributed by atoms with Crippen molar-refractivity contribution < 1.29 is 28.6 Å². The van der Waals surface area contributed by atoms with Crippen molar-refractivity contribution in [3.8, 4) is 0 Å². The summed E-state index contributed by atoms with van der Waals surface area (Å²) in [4.78, 5) is 38.2. The van der Waals surface area contributed by atoms with Gasteiger partial charge in [-0.05, 0) is 96.3 Å². The Morgan fingerprint density at radius 1 is 0.288 bits per heavy atom. The molecule has 0 N–H and O–H groups in total. The average molecular weight is 1020 g/mol. The topological polar surface area (TPSA) is 78.9 Å². The summed E-state index contributed by atoms with van der Waals surface area (Å²) < 4.78 is 16.9. The number of carbonyl (C=O) groups is 3. The fourth-order valence-electron chi connectivity index (χ4n) is 8.54. The molecule has 0 amide bonds. The standard InChI is InChI=1S/C67H114O6/c1-4-7-10-13-16-19-22-25-27-28-29-30-31-32-33-34-35-36-37-38-40-42-45-48-51-54-57-60-66(69)72-63-64(62-71-65(68)59-56-53-50-47-44-41-24-21-18-15-12-9-6-3)73-67(70)61-58-55-52-49-46-43-39-26-23-20-17-14-11-8-5-2/h7,9-10,12,16,18-19,21,25,27,29-30,32-33,41,44,64H,4-6,8,11,13-15,17,20,22-24,26,28,31,34-40,42-43,45-63H2,1-3H3/b10-7-,12-9-,19-16-,21-18-,27-25-,30-29-,33-32-,44-41-. The first kappa shape index (κ1) is 69.3. The lowest BCUT2D eigenvalue weighted by atomic mass is 10.0. The van der Waals surface area contributed by atoms with Crippen LogP contribution in [0.4, 0.5) is 0 Å². The number of esters is 3. The van der Waals surface area contributed by atoms with E-state index < -0.39 is 6.10 Å². The highest BCUT2D eigenvalue weighted by molar-refractivity contribution is 5.71. The van der Waals surface area contributed by atoms with Gasteiger partial charge in [0.25, 0.3) is 0 Å². The highest BCUT2D eigenvalue weighted by Gasteiger charge is 2.19. The first-order valence-corrected chi connectivity index (χ1v) is 30.7. The minimum absolute atomic E-state index is 0.0863. The van der Waals surface area contributed by atoms with Gasteiger partial charge in [-0.2, -0.15) is 0 Å². The van der Waals surface area contributed by atoms with Crippen LogP contribution in [0.15, 0.2) is 97.2 Å². The van der Waals surface area contributed by atoms with Crippen LogP contribution in [0.5, 0.6) is 0 Å². The van der Waals surface area contributed by atoms with Crippen LogP contribution in [-0.4, -0.2) is 37.2 Å². The Hall–Kier alpha value is -3.67. The molecule has 0 saturated heterocycles. The van der Waals surface area contributed by atoms with E-state index in [1.807, 2.05) is 0 Å². The number of hydrogen-bond donors (Lipinski definition) is 0. The minimum Gasteiger partial charge on any atom is -0.462 e. The average Bonchev–Trinajstić information content (AvgIpc) is 3.39. The summed E-state index contributed by atoms with van der Waals surface area (Å²) in [5.74, 6) is -0.910. The lowest BCUT2D eigenvalue weighted by molar-refractivity contribution is -0.167. The van der Waals surface area contributed by atoms with E-state index in [9.17, 15) is 14.4 Å². The molecule has 0 aromatic heterocycles. The van der Waals surface area contributed by atoms with E-state index in [0.717, 1.165) is 116 Å². The summed E-state index contributed by atoms with van der Waals surface area (Å²) in [7, 11) is 0. The quantitative estimate of drug-likeness (QED) is 0.0261. The number of carbonyl (C=O) groups excluding carboxylic acids is 3. The highest BCUT2D eigenvalue weighted by atomic mass is 16.6. The maximum absolute atomic E-state index is 12.9. The van der Waals surface area contributed by atoms with Crippen LogP contribution in [0.1, 0.15) is 290 Å². The summed E-state index contributed by atoms with van der Waals surface area (Å²) in [6, 6.07) is 0. The minimum atomic E-state index is -0.789. The summed E-state index contributed by atoms with van der Waals surface area (Å²) in [6.45, 7) is 6.41. The third-order valence-corrected chi connectivity index (χ3v) is 13.1. The normalized spacial score (nSPS) is 12.8. The summed E-state index contributed by atoms with van der Waals surface area (Å²) in [6.07, 6.45) is 81.3. The van der Waals surface area contributed by atoms with E-state index in [2.05, 4.69) is 118 Å². The van der Waals surface area contributed by atoms with Gasteiger partial charge in [0.05, 0.1) is 0 Å². The molecule has 0 spiro atoms. The molecule has 0 aliphatic carbocycles. The van der Waals surface area contributed by atoms with E-state index in [1.54, 1.807) is 0 Å².